The highest BCUT2D eigenvalue weighted by Crippen LogP contribution is 2.35. The summed E-state index contributed by atoms with van der Waals surface area (Å²) in [5, 5.41) is 3.36. The summed E-state index contributed by atoms with van der Waals surface area (Å²) in [4.78, 5) is 20.4. The highest BCUT2D eigenvalue weighted by atomic mass is 35.5. The number of benzene rings is 1. The van der Waals surface area contributed by atoms with Crippen molar-refractivity contribution in [1.29, 1.82) is 0 Å². The van der Waals surface area contributed by atoms with Gasteiger partial charge in [-0.2, -0.15) is 0 Å². The van der Waals surface area contributed by atoms with Crippen molar-refractivity contribution < 1.29 is 13.9 Å². The summed E-state index contributed by atoms with van der Waals surface area (Å²) in [5.74, 6) is -0.281. The second-order valence-electron chi connectivity index (χ2n) is 9.02. The van der Waals surface area contributed by atoms with Gasteiger partial charge in [-0.25, -0.2) is 14.2 Å². The molecular weight excluding hydrogens is 419 g/mol. The Hall–Kier alpha value is -2.54. The van der Waals surface area contributed by atoms with E-state index in [-0.39, 0.29) is 11.9 Å². The van der Waals surface area contributed by atoms with E-state index in [1.165, 1.54) is 6.07 Å². The lowest BCUT2D eigenvalue weighted by molar-refractivity contribution is 0.0500. The molecule has 2 aromatic rings. The number of carbonyl (C=O) groups is 1. The molecule has 168 valence electrons. The zero-order chi connectivity index (χ0) is 22.8. The fraction of sp³-hybridized carbons (Fsp3) is 0.478. The SMILES string of the molecule is CN(C)c1cc(-c2cnc(Cl)cc2N2CCC[C@H](NC(=O)OC(C)(C)C)C2)ccc1F. The molecule has 0 aliphatic carbocycles. The zero-order valence-corrected chi connectivity index (χ0v) is 19.5. The second kappa shape index (κ2) is 9.30. The van der Waals surface area contributed by atoms with Crippen LogP contribution in [0.25, 0.3) is 11.1 Å². The molecule has 0 spiro atoms. The number of ether oxygens (including phenoxy) is 1. The Morgan fingerprint density at radius 3 is 2.74 bits per heavy atom. The number of rotatable bonds is 4. The average molecular weight is 449 g/mol. The standard InChI is InChI=1S/C23H30ClFN4O2/c1-23(2,3)31-22(30)27-16-7-6-10-29(14-16)19-12-21(24)26-13-17(19)15-8-9-18(25)20(11-15)28(4)5/h8-9,11-13,16H,6-7,10,14H2,1-5H3,(H,27,30)/t16-/m0/s1. The quantitative estimate of drug-likeness (QED) is 0.659. The molecule has 1 aliphatic heterocycles. The number of amides is 1. The van der Waals surface area contributed by atoms with E-state index in [1.54, 1.807) is 31.3 Å². The normalized spacial score (nSPS) is 16.7. The molecule has 2 heterocycles. The summed E-state index contributed by atoms with van der Waals surface area (Å²) in [6, 6.07) is 6.80. The number of hydrogen-bond donors (Lipinski definition) is 1. The van der Waals surface area contributed by atoms with Crippen molar-refractivity contribution in [3.8, 4) is 11.1 Å². The minimum absolute atomic E-state index is 0.0473. The van der Waals surface area contributed by atoms with Crippen LogP contribution in [0.1, 0.15) is 33.6 Å². The Morgan fingerprint density at radius 1 is 1.32 bits per heavy atom. The number of pyridine rings is 1. The van der Waals surface area contributed by atoms with Gasteiger partial charge in [-0.3, -0.25) is 0 Å². The van der Waals surface area contributed by atoms with Crippen LogP contribution in [-0.2, 0) is 4.74 Å². The number of aromatic nitrogens is 1. The number of nitrogens with zero attached hydrogens (tertiary/aromatic N) is 3. The Bertz CT molecular complexity index is 946. The second-order valence-corrected chi connectivity index (χ2v) is 9.40. The summed E-state index contributed by atoms with van der Waals surface area (Å²) in [7, 11) is 3.61. The Balaban J connectivity index is 1.87. The summed E-state index contributed by atoms with van der Waals surface area (Å²) < 4.78 is 19.6. The molecule has 0 unspecified atom stereocenters. The number of piperidine rings is 1. The van der Waals surface area contributed by atoms with Gasteiger partial charge in [-0.15, -0.1) is 0 Å². The molecule has 6 nitrogen and oxygen atoms in total. The maximum absolute atomic E-state index is 14.2. The first-order chi connectivity index (χ1) is 14.5. The fourth-order valence-corrected chi connectivity index (χ4v) is 3.87. The number of anilines is 2. The van der Waals surface area contributed by atoms with E-state index < -0.39 is 11.7 Å². The topological polar surface area (TPSA) is 57.7 Å². The van der Waals surface area contributed by atoms with E-state index in [0.717, 1.165) is 36.2 Å². The van der Waals surface area contributed by atoms with Crippen LogP contribution >= 0.6 is 11.6 Å². The van der Waals surface area contributed by atoms with Crippen LogP contribution in [-0.4, -0.2) is 49.9 Å². The van der Waals surface area contributed by atoms with Gasteiger partial charge in [0, 0.05) is 50.7 Å². The van der Waals surface area contributed by atoms with Crippen LogP contribution in [0.2, 0.25) is 5.15 Å². The van der Waals surface area contributed by atoms with E-state index in [1.807, 2.05) is 32.9 Å². The lowest BCUT2D eigenvalue weighted by Gasteiger charge is -2.36. The van der Waals surface area contributed by atoms with Crippen molar-refractivity contribution in [1.82, 2.24) is 10.3 Å². The zero-order valence-electron chi connectivity index (χ0n) is 18.7. The molecule has 8 heteroatoms. The third-order valence-electron chi connectivity index (χ3n) is 5.07. The third kappa shape index (κ3) is 6.00. The molecule has 1 aromatic heterocycles. The minimum atomic E-state index is -0.545. The van der Waals surface area contributed by atoms with Crippen molar-refractivity contribution in [2.45, 2.75) is 45.3 Å². The predicted molar refractivity (Wildman–Crippen MR) is 124 cm³/mol. The number of carbonyl (C=O) groups excluding carboxylic acids is 1. The van der Waals surface area contributed by atoms with Gasteiger partial charge >= 0.3 is 6.09 Å². The third-order valence-corrected chi connectivity index (χ3v) is 5.28. The van der Waals surface area contributed by atoms with Crippen molar-refractivity contribution in [2.24, 2.45) is 0 Å². The number of nitrogens with one attached hydrogen (secondary N) is 1. The monoisotopic (exact) mass is 448 g/mol. The molecule has 1 fully saturated rings. The lowest BCUT2D eigenvalue weighted by atomic mass is 10.0. The van der Waals surface area contributed by atoms with Crippen LogP contribution < -0.4 is 15.1 Å². The van der Waals surface area contributed by atoms with Gasteiger partial charge in [0.15, 0.2) is 0 Å². The molecule has 1 saturated heterocycles. The minimum Gasteiger partial charge on any atom is -0.444 e. The van der Waals surface area contributed by atoms with Crippen molar-refractivity contribution in [3.05, 3.63) is 41.4 Å². The van der Waals surface area contributed by atoms with Gasteiger partial charge < -0.3 is 19.9 Å². The van der Waals surface area contributed by atoms with E-state index >= 15 is 0 Å². The number of hydrogen-bond acceptors (Lipinski definition) is 5. The molecule has 1 aliphatic rings. The molecule has 0 saturated carbocycles. The van der Waals surface area contributed by atoms with Gasteiger partial charge in [-0.1, -0.05) is 17.7 Å². The Morgan fingerprint density at radius 2 is 2.06 bits per heavy atom. The van der Waals surface area contributed by atoms with Crippen molar-refractivity contribution in [2.75, 3.05) is 37.0 Å². The first kappa shape index (κ1) is 23.1. The van der Waals surface area contributed by atoms with Gasteiger partial charge in [0.05, 0.1) is 5.69 Å². The van der Waals surface area contributed by atoms with Crippen LogP contribution in [0.5, 0.6) is 0 Å². The van der Waals surface area contributed by atoms with E-state index in [2.05, 4.69) is 15.2 Å². The lowest BCUT2D eigenvalue weighted by Crippen LogP contribution is -2.49. The Labute approximate surface area is 188 Å². The predicted octanol–water partition coefficient (Wildman–Crippen LogP) is 5.10. The molecular formula is C23H30ClFN4O2. The largest absolute Gasteiger partial charge is 0.444 e. The number of alkyl carbamates (subject to hydrolysis) is 1. The fourth-order valence-electron chi connectivity index (χ4n) is 3.72. The van der Waals surface area contributed by atoms with Crippen LogP contribution in [0.4, 0.5) is 20.6 Å². The van der Waals surface area contributed by atoms with Gasteiger partial charge in [0.1, 0.15) is 16.6 Å². The van der Waals surface area contributed by atoms with Crippen LogP contribution in [0, 0.1) is 5.82 Å². The summed E-state index contributed by atoms with van der Waals surface area (Å²) >= 11 is 6.23. The van der Waals surface area contributed by atoms with E-state index in [4.69, 9.17) is 16.3 Å². The highest BCUT2D eigenvalue weighted by Gasteiger charge is 2.26. The molecule has 0 bridgehead atoms. The Kier molecular flexibility index (Phi) is 6.94. The van der Waals surface area contributed by atoms with E-state index in [0.29, 0.717) is 17.4 Å². The van der Waals surface area contributed by atoms with Gasteiger partial charge in [-0.05, 0) is 57.4 Å². The van der Waals surface area contributed by atoms with Crippen molar-refractivity contribution in [3.63, 3.8) is 0 Å². The summed E-state index contributed by atoms with van der Waals surface area (Å²) in [6.07, 6.45) is 3.08. The van der Waals surface area contributed by atoms with Crippen LogP contribution in [0.3, 0.4) is 0 Å². The summed E-state index contributed by atoms with van der Waals surface area (Å²) in [5.41, 5.74) is 2.59. The molecule has 1 N–H and O–H groups in total. The smallest absolute Gasteiger partial charge is 0.407 e. The number of halogens is 2. The maximum Gasteiger partial charge on any atom is 0.407 e. The molecule has 1 amide bonds. The highest BCUT2D eigenvalue weighted by molar-refractivity contribution is 6.29. The first-order valence-electron chi connectivity index (χ1n) is 10.4. The molecule has 1 atom stereocenters. The molecule has 3 rings (SSSR count). The molecule has 0 radical (unpaired) electrons. The molecule has 31 heavy (non-hydrogen) atoms. The van der Waals surface area contributed by atoms with Crippen molar-refractivity contribution >= 4 is 29.1 Å². The van der Waals surface area contributed by atoms with Crippen LogP contribution in [0.15, 0.2) is 30.5 Å². The van der Waals surface area contributed by atoms with Gasteiger partial charge in [0.25, 0.3) is 0 Å². The maximum atomic E-state index is 14.2. The average Bonchev–Trinajstić information content (AvgIpc) is 2.67. The van der Waals surface area contributed by atoms with Gasteiger partial charge in [0.2, 0.25) is 0 Å². The van der Waals surface area contributed by atoms with E-state index in [9.17, 15) is 9.18 Å². The molecule has 1 aromatic carbocycles. The summed E-state index contributed by atoms with van der Waals surface area (Å²) in [6.45, 7) is 6.97. The first-order valence-corrected chi connectivity index (χ1v) is 10.8.